The average Bonchev–Trinajstić information content (AvgIpc) is 2.80. The van der Waals surface area contributed by atoms with Crippen molar-refractivity contribution in [2.75, 3.05) is 0 Å². The van der Waals surface area contributed by atoms with Gasteiger partial charge in [-0.2, -0.15) is 4.68 Å². The van der Waals surface area contributed by atoms with Crippen LogP contribution < -0.4 is 11.1 Å². The second-order valence-corrected chi connectivity index (χ2v) is 5.67. The van der Waals surface area contributed by atoms with Gasteiger partial charge in [0.2, 0.25) is 5.95 Å². The summed E-state index contributed by atoms with van der Waals surface area (Å²) in [5.41, 5.74) is 1.19. The fraction of sp³-hybridized carbons (Fsp3) is 0.250. The number of nitrogens with one attached hydrogen (secondary N) is 2. The Morgan fingerprint density at radius 1 is 1.26 bits per heavy atom. The van der Waals surface area contributed by atoms with Gasteiger partial charge >= 0.3 is 0 Å². The lowest BCUT2D eigenvalue weighted by Gasteiger charge is -2.00. The molecule has 0 atom stereocenters. The highest BCUT2D eigenvalue weighted by Gasteiger charge is 2.13. The lowest BCUT2D eigenvalue weighted by molar-refractivity contribution is 0.777. The van der Waals surface area contributed by atoms with E-state index in [1.54, 1.807) is 6.92 Å². The molecule has 0 bridgehead atoms. The maximum Gasteiger partial charge on any atom is 0.274 e. The lowest BCUT2D eigenvalue weighted by Crippen LogP contribution is -2.20. The Bertz CT molecular complexity index is 897. The maximum absolute atomic E-state index is 12.1. The van der Waals surface area contributed by atoms with Gasteiger partial charge in [0.15, 0.2) is 0 Å². The van der Waals surface area contributed by atoms with Gasteiger partial charge in [-0.3, -0.25) is 19.7 Å². The molecule has 0 fully saturated rings. The maximum atomic E-state index is 12.1. The molecule has 7 heteroatoms. The van der Waals surface area contributed by atoms with Crippen LogP contribution in [0, 0.1) is 20.8 Å². The van der Waals surface area contributed by atoms with Crippen LogP contribution >= 0.6 is 11.3 Å². The molecule has 0 spiro atoms. The van der Waals surface area contributed by atoms with Crippen LogP contribution in [0.2, 0.25) is 0 Å². The second kappa shape index (κ2) is 3.92. The summed E-state index contributed by atoms with van der Waals surface area (Å²) in [5.74, 6) is 0.219. The van der Waals surface area contributed by atoms with Gasteiger partial charge in [-0.25, -0.2) is 4.98 Å². The monoisotopic (exact) mass is 276 g/mol. The topological polar surface area (TPSA) is 83.5 Å². The summed E-state index contributed by atoms with van der Waals surface area (Å²) in [6.07, 6.45) is 0. The van der Waals surface area contributed by atoms with Crippen LogP contribution in [0.4, 0.5) is 0 Å². The van der Waals surface area contributed by atoms with E-state index < -0.39 is 0 Å². The van der Waals surface area contributed by atoms with E-state index >= 15 is 0 Å². The van der Waals surface area contributed by atoms with Crippen LogP contribution in [0.1, 0.15) is 16.1 Å². The van der Waals surface area contributed by atoms with Crippen LogP contribution in [0.25, 0.3) is 16.2 Å². The molecule has 0 aromatic carbocycles. The summed E-state index contributed by atoms with van der Waals surface area (Å²) in [6.45, 7) is 5.62. The predicted octanol–water partition coefficient (Wildman–Crippen LogP) is 1.39. The summed E-state index contributed by atoms with van der Waals surface area (Å²) in [6, 6.07) is 1.45. The van der Waals surface area contributed by atoms with E-state index in [9.17, 15) is 9.59 Å². The molecule has 0 aliphatic rings. The fourth-order valence-electron chi connectivity index (χ4n) is 2.02. The van der Waals surface area contributed by atoms with Crippen LogP contribution in [0.3, 0.4) is 0 Å². The van der Waals surface area contributed by atoms with Crippen molar-refractivity contribution >= 4 is 21.6 Å². The van der Waals surface area contributed by atoms with Gasteiger partial charge in [-0.1, -0.05) is 0 Å². The van der Waals surface area contributed by atoms with Gasteiger partial charge in [-0.15, -0.1) is 11.3 Å². The summed E-state index contributed by atoms with van der Waals surface area (Å²) in [4.78, 5) is 32.5. The van der Waals surface area contributed by atoms with Gasteiger partial charge in [-0.05, 0) is 26.3 Å². The van der Waals surface area contributed by atoms with E-state index in [0.29, 0.717) is 15.9 Å². The third-order valence-corrected chi connectivity index (χ3v) is 4.19. The summed E-state index contributed by atoms with van der Waals surface area (Å²) < 4.78 is 1.24. The van der Waals surface area contributed by atoms with Crippen molar-refractivity contribution in [2.45, 2.75) is 20.8 Å². The van der Waals surface area contributed by atoms with E-state index in [2.05, 4.69) is 15.1 Å². The number of aromatic nitrogens is 4. The van der Waals surface area contributed by atoms with Gasteiger partial charge in [0, 0.05) is 16.6 Å². The third kappa shape index (κ3) is 1.74. The van der Waals surface area contributed by atoms with E-state index in [-0.39, 0.29) is 17.1 Å². The number of aromatic amines is 2. The Morgan fingerprint density at radius 2 is 2.00 bits per heavy atom. The molecule has 3 rings (SSSR count). The average molecular weight is 276 g/mol. The highest BCUT2D eigenvalue weighted by molar-refractivity contribution is 7.18. The number of aryl methyl sites for hydroxylation is 3. The van der Waals surface area contributed by atoms with Gasteiger partial charge in [0.05, 0.1) is 5.39 Å². The Hall–Kier alpha value is -2.15. The molecule has 3 aromatic rings. The van der Waals surface area contributed by atoms with Crippen molar-refractivity contribution < 1.29 is 0 Å². The van der Waals surface area contributed by atoms with E-state index in [1.165, 1.54) is 22.1 Å². The Kier molecular flexibility index (Phi) is 2.46. The highest BCUT2D eigenvalue weighted by Crippen LogP contribution is 2.25. The first-order chi connectivity index (χ1) is 8.97. The molecule has 3 aromatic heterocycles. The van der Waals surface area contributed by atoms with Crippen LogP contribution in [0.15, 0.2) is 15.7 Å². The van der Waals surface area contributed by atoms with Crippen LogP contribution in [0.5, 0.6) is 0 Å². The minimum absolute atomic E-state index is 0.219. The van der Waals surface area contributed by atoms with Crippen LogP contribution in [-0.2, 0) is 0 Å². The number of nitrogens with zero attached hydrogens (tertiary/aromatic N) is 2. The molecule has 0 saturated heterocycles. The first-order valence-electron chi connectivity index (χ1n) is 5.76. The summed E-state index contributed by atoms with van der Waals surface area (Å²) in [7, 11) is 0. The van der Waals surface area contributed by atoms with Gasteiger partial charge < -0.3 is 0 Å². The quantitative estimate of drug-likeness (QED) is 0.704. The number of H-pyrrole nitrogens is 2. The molecule has 0 amide bonds. The SMILES string of the molecule is Cc1cc(=O)n(-c2nc3sc(C)c(C)c3c(=O)[nH]2)[nH]1. The van der Waals surface area contributed by atoms with Crippen molar-refractivity contribution in [1.29, 1.82) is 0 Å². The molecular weight excluding hydrogens is 264 g/mol. The van der Waals surface area contributed by atoms with Gasteiger partial charge in [0.1, 0.15) is 4.83 Å². The number of thiophene rings is 1. The van der Waals surface area contributed by atoms with E-state index in [0.717, 1.165) is 10.4 Å². The summed E-state index contributed by atoms with van der Waals surface area (Å²) >= 11 is 1.45. The number of hydrogen-bond acceptors (Lipinski definition) is 4. The van der Waals surface area contributed by atoms with E-state index in [4.69, 9.17) is 0 Å². The zero-order valence-corrected chi connectivity index (χ0v) is 11.5. The number of rotatable bonds is 1. The zero-order chi connectivity index (χ0) is 13.7. The molecule has 3 heterocycles. The van der Waals surface area contributed by atoms with Crippen molar-refractivity contribution in [2.24, 2.45) is 0 Å². The fourth-order valence-corrected chi connectivity index (χ4v) is 3.05. The zero-order valence-electron chi connectivity index (χ0n) is 10.7. The molecule has 0 saturated carbocycles. The molecule has 0 aliphatic carbocycles. The minimum atomic E-state index is -0.245. The Balaban J connectivity index is 2.36. The molecule has 0 unspecified atom stereocenters. The van der Waals surface area contributed by atoms with Crippen molar-refractivity contribution in [3.05, 3.63) is 42.9 Å². The first kappa shape index (κ1) is 11.9. The number of fused-ring (bicyclic) bond motifs is 1. The molecule has 2 N–H and O–H groups in total. The highest BCUT2D eigenvalue weighted by atomic mass is 32.1. The predicted molar refractivity (Wildman–Crippen MR) is 74.4 cm³/mol. The Labute approximate surface area is 111 Å². The van der Waals surface area contributed by atoms with E-state index in [1.807, 2.05) is 13.8 Å². The molecule has 98 valence electrons. The minimum Gasteiger partial charge on any atom is -0.293 e. The lowest BCUT2D eigenvalue weighted by atomic mass is 10.2. The standard InChI is InChI=1S/C12H12N4O2S/c1-5-4-8(17)16(15-5)12-13-10(18)9-6(2)7(3)19-11(9)14-12/h4,15H,1-3H3,(H,13,14,18). The molecular formula is C12H12N4O2S. The molecule has 19 heavy (non-hydrogen) atoms. The van der Waals surface area contributed by atoms with Gasteiger partial charge in [0.25, 0.3) is 11.1 Å². The third-order valence-electron chi connectivity index (χ3n) is 3.09. The first-order valence-corrected chi connectivity index (χ1v) is 6.58. The van der Waals surface area contributed by atoms with Crippen molar-refractivity contribution in [3.8, 4) is 5.95 Å². The largest absolute Gasteiger partial charge is 0.293 e. The van der Waals surface area contributed by atoms with Crippen molar-refractivity contribution in [3.63, 3.8) is 0 Å². The number of hydrogen-bond donors (Lipinski definition) is 2. The second-order valence-electron chi connectivity index (χ2n) is 4.47. The summed E-state index contributed by atoms with van der Waals surface area (Å²) in [5, 5.41) is 3.45. The normalized spacial score (nSPS) is 11.3. The molecule has 0 aliphatic heterocycles. The van der Waals surface area contributed by atoms with Crippen molar-refractivity contribution in [1.82, 2.24) is 19.7 Å². The smallest absolute Gasteiger partial charge is 0.274 e. The van der Waals surface area contributed by atoms with Crippen LogP contribution in [-0.4, -0.2) is 19.7 Å². The Morgan fingerprint density at radius 3 is 2.63 bits per heavy atom. The molecule has 0 radical (unpaired) electrons. The molecule has 6 nitrogen and oxygen atoms in total.